The van der Waals surface area contributed by atoms with Crippen molar-refractivity contribution in [2.24, 2.45) is 5.10 Å². The van der Waals surface area contributed by atoms with Crippen LogP contribution in [-0.4, -0.2) is 55.1 Å². The highest BCUT2D eigenvalue weighted by molar-refractivity contribution is 7.99. The van der Waals surface area contributed by atoms with Gasteiger partial charge in [-0.1, -0.05) is 60.3 Å². The number of benzene rings is 3. The zero-order valence-corrected chi connectivity index (χ0v) is 27.5. The van der Waals surface area contributed by atoms with Crippen molar-refractivity contribution >= 4 is 46.3 Å². The van der Waals surface area contributed by atoms with Crippen LogP contribution in [0, 0.1) is 10.1 Å². The molecule has 1 aliphatic rings. The van der Waals surface area contributed by atoms with E-state index in [2.05, 4.69) is 15.5 Å². The van der Waals surface area contributed by atoms with Gasteiger partial charge in [0, 0.05) is 30.7 Å². The van der Waals surface area contributed by atoms with Crippen LogP contribution in [0.3, 0.4) is 0 Å². The number of hydrogen-bond donors (Lipinski definition) is 1. The van der Waals surface area contributed by atoms with E-state index in [-0.39, 0.29) is 35.5 Å². The molecule has 3 aromatic carbocycles. The lowest BCUT2D eigenvalue weighted by Gasteiger charge is -2.22. The molecule has 2 aromatic heterocycles. The summed E-state index contributed by atoms with van der Waals surface area (Å²) in [6.45, 7) is 0.599. The molecule has 0 saturated carbocycles. The van der Waals surface area contributed by atoms with E-state index in [1.807, 2.05) is 76.7 Å². The molecule has 0 unspecified atom stereocenters. The van der Waals surface area contributed by atoms with Crippen LogP contribution in [0.25, 0.3) is 0 Å². The Morgan fingerprint density at radius 3 is 2.48 bits per heavy atom. The second kappa shape index (κ2) is 15.0. The smallest absolute Gasteiger partial charge is 0.269 e. The van der Waals surface area contributed by atoms with Crippen LogP contribution in [0.2, 0.25) is 0 Å². The van der Waals surface area contributed by atoms with Crippen LogP contribution in [0.5, 0.6) is 5.75 Å². The number of carbonyl (C=O) groups is 2. The first-order valence-corrected chi connectivity index (χ1v) is 16.9. The predicted octanol–water partition coefficient (Wildman–Crippen LogP) is 5.90. The van der Waals surface area contributed by atoms with Gasteiger partial charge in [-0.05, 0) is 53.3 Å². The van der Waals surface area contributed by atoms with Crippen LogP contribution < -0.4 is 10.1 Å². The van der Waals surface area contributed by atoms with Gasteiger partial charge in [0.2, 0.25) is 0 Å². The predicted molar refractivity (Wildman–Crippen MR) is 183 cm³/mol. The first-order chi connectivity index (χ1) is 23.4. The zero-order valence-electron chi connectivity index (χ0n) is 25.9. The van der Waals surface area contributed by atoms with E-state index in [0.717, 1.165) is 27.5 Å². The molecule has 1 atom stereocenters. The average Bonchev–Trinajstić information content (AvgIpc) is 3.90. The Hall–Kier alpha value is -5.34. The molecular weight excluding hydrogens is 651 g/mol. The number of thioether (sulfide) groups is 1. The Balaban J connectivity index is 1.19. The van der Waals surface area contributed by atoms with E-state index in [9.17, 15) is 19.7 Å². The molecule has 0 aliphatic carbocycles. The maximum absolute atomic E-state index is 13.8. The summed E-state index contributed by atoms with van der Waals surface area (Å²) in [5.74, 6) is 0.764. The molecule has 14 heteroatoms. The normalized spacial score (nSPS) is 14.1. The summed E-state index contributed by atoms with van der Waals surface area (Å²) in [6.07, 6.45) is 1.28. The number of nitro groups is 1. The Morgan fingerprint density at radius 1 is 1.02 bits per heavy atom. The number of methoxy groups -OCH3 is 1. The van der Waals surface area contributed by atoms with Crippen molar-refractivity contribution in [1.82, 2.24) is 25.1 Å². The van der Waals surface area contributed by atoms with Gasteiger partial charge in [-0.3, -0.25) is 19.7 Å². The molecule has 6 rings (SSSR count). The third-order valence-electron chi connectivity index (χ3n) is 7.80. The van der Waals surface area contributed by atoms with Gasteiger partial charge in [0.15, 0.2) is 11.0 Å². The fourth-order valence-electron chi connectivity index (χ4n) is 5.27. The maximum Gasteiger partial charge on any atom is 0.269 e. The molecule has 0 bridgehead atoms. The van der Waals surface area contributed by atoms with E-state index in [1.54, 1.807) is 23.5 Å². The highest BCUT2D eigenvalue weighted by Gasteiger charge is 2.33. The number of ether oxygens (including phenoxy) is 1. The second-order valence-electron chi connectivity index (χ2n) is 10.8. The monoisotopic (exact) mass is 681 g/mol. The topological polar surface area (TPSA) is 145 Å². The standard InChI is InChI=1S/C34H31N7O5S2/c1-46-27-15-11-24(12-16-27)29-20-28(30-8-5-19-47-30)38-40(29)32(42)22-48-34-37-36-31(39(34)18-17-23-6-3-2-4-7-23)21-35-33(43)25-9-13-26(14-10-25)41(44)45/h2-16,19,29H,17-18,20-22H2,1H3,(H,35,43)/t29-/m0/s1. The number of non-ortho nitro benzene ring substituents is 1. The van der Waals surface area contributed by atoms with Crippen molar-refractivity contribution in [2.75, 3.05) is 12.9 Å². The Bertz CT molecular complexity index is 1910. The van der Waals surface area contributed by atoms with Gasteiger partial charge in [-0.25, -0.2) is 5.01 Å². The Kier molecular flexibility index (Phi) is 10.2. The molecule has 0 saturated heterocycles. The number of aromatic nitrogens is 3. The van der Waals surface area contributed by atoms with Crippen LogP contribution in [0.15, 0.2) is 107 Å². The number of hydrogen-bond acceptors (Lipinski definition) is 10. The van der Waals surface area contributed by atoms with Gasteiger partial charge in [-0.15, -0.1) is 21.5 Å². The summed E-state index contributed by atoms with van der Waals surface area (Å²) in [4.78, 5) is 38.1. The Morgan fingerprint density at radius 2 is 1.79 bits per heavy atom. The van der Waals surface area contributed by atoms with Crippen molar-refractivity contribution in [3.63, 3.8) is 0 Å². The minimum absolute atomic E-state index is 0.0756. The minimum Gasteiger partial charge on any atom is -0.497 e. The molecule has 2 amide bonds. The SMILES string of the molecule is COc1ccc([C@@H]2CC(c3cccs3)=NN2C(=O)CSc2nnc(CNC(=O)c3ccc([N+](=O)[O-])cc3)n2CCc2ccccc2)cc1. The number of rotatable bonds is 13. The molecule has 0 radical (unpaired) electrons. The number of nitro benzene ring substituents is 1. The van der Waals surface area contributed by atoms with Crippen molar-refractivity contribution < 1.29 is 19.2 Å². The third kappa shape index (κ3) is 7.61. The fraction of sp³-hybridized carbons (Fsp3) is 0.206. The molecule has 244 valence electrons. The van der Waals surface area contributed by atoms with Crippen LogP contribution in [-0.2, 0) is 24.3 Å². The van der Waals surface area contributed by atoms with Gasteiger partial charge in [0.1, 0.15) is 5.75 Å². The number of nitrogens with zero attached hydrogens (tertiary/aromatic N) is 6. The van der Waals surface area contributed by atoms with Crippen LogP contribution in [0.1, 0.15) is 44.6 Å². The molecular formula is C34H31N7O5S2. The molecule has 0 fully saturated rings. The molecule has 0 spiro atoms. The number of nitrogens with one attached hydrogen (secondary N) is 1. The van der Waals surface area contributed by atoms with Crippen molar-refractivity contribution in [1.29, 1.82) is 0 Å². The van der Waals surface area contributed by atoms with Crippen molar-refractivity contribution in [3.8, 4) is 5.75 Å². The lowest BCUT2D eigenvalue weighted by molar-refractivity contribution is -0.384. The van der Waals surface area contributed by atoms with Crippen molar-refractivity contribution in [3.05, 3.63) is 134 Å². The van der Waals surface area contributed by atoms with E-state index in [0.29, 0.717) is 30.4 Å². The Labute approximate surface area is 284 Å². The number of aryl methyl sites for hydroxylation is 1. The summed E-state index contributed by atoms with van der Waals surface area (Å²) < 4.78 is 7.24. The number of carbonyl (C=O) groups excluding carboxylic acids is 2. The van der Waals surface area contributed by atoms with Crippen LogP contribution in [0.4, 0.5) is 5.69 Å². The molecule has 3 heterocycles. The number of amides is 2. The van der Waals surface area contributed by atoms with Gasteiger partial charge >= 0.3 is 0 Å². The molecule has 5 aromatic rings. The molecule has 1 aliphatic heterocycles. The largest absolute Gasteiger partial charge is 0.497 e. The number of hydrazone groups is 1. The van der Waals surface area contributed by atoms with Gasteiger partial charge in [0.25, 0.3) is 17.5 Å². The summed E-state index contributed by atoms with van der Waals surface area (Å²) in [5, 5.41) is 31.5. The quantitative estimate of drug-likeness (QED) is 0.0919. The van der Waals surface area contributed by atoms with E-state index < -0.39 is 10.8 Å². The van der Waals surface area contributed by atoms with E-state index >= 15 is 0 Å². The van der Waals surface area contributed by atoms with Crippen LogP contribution >= 0.6 is 23.1 Å². The molecule has 12 nitrogen and oxygen atoms in total. The summed E-state index contributed by atoms with van der Waals surface area (Å²) >= 11 is 2.86. The molecule has 1 N–H and O–H groups in total. The van der Waals surface area contributed by atoms with Gasteiger partial charge < -0.3 is 14.6 Å². The summed E-state index contributed by atoms with van der Waals surface area (Å²) in [6, 6.07) is 26.8. The van der Waals surface area contributed by atoms with E-state index in [1.165, 1.54) is 36.0 Å². The minimum atomic E-state index is -0.515. The van der Waals surface area contributed by atoms with Gasteiger partial charge in [-0.2, -0.15) is 5.10 Å². The highest BCUT2D eigenvalue weighted by atomic mass is 32.2. The summed E-state index contributed by atoms with van der Waals surface area (Å²) in [5.41, 5.74) is 3.13. The van der Waals surface area contributed by atoms with E-state index in [4.69, 9.17) is 9.84 Å². The lowest BCUT2D eigenvalue weighted by atomic mass is 10.0. The van der Waals surface area contributed by atoms with Crippen molar-refractivity contribution in [2.45, 2.75) is 37.1 Å². The number of thiophene rings is 1. The summed E-state index contributed by atoms with van der Waals surface area (Å²) in [7, 11) is 1.62. The fourth-order valence-corrected chi connectivity index (χ4v) is 6.83. The lowest BCUT2D eigenvalue weighted by Crippen LogP contribution is -2.28. The third-order valence-corrected chi connectivity index (χ3v) is 9.67. The van der Waals surface area contributed by atoms with Gasteiger partial charge in [0.05, 0.1) is 41.0 Å². The second-order valence-corrected chi connectivity index (χ2v) is 12.7. The zero-order chi connectivity index (χ0) is 33.5. The molecule has 48 heavy (non-hydrogen) atoms. The first kappa shape index (κ1) is 32.6. The first-order valence-electron chi connectivity index (χ1n) is 15.1. The maximum atomic E-state index is 13.8. The average molecular weight is 682 g/mol. The highest BCUT2D eigenvalue weighted by Crippen LogP contribution is 2.35.